The van der Waals surface area contributed by atoms with Crippen molar-refractivity contribution in [3.05, 3.63) is 117 Å². The lowest BCUT2D eigenvalue weighted by molar-refractivity contribution is 0.835. The third-order valence-corrected chi connectivity index (χ3v) is 5.05. The molecule has 0 unspecified atom stereocenters. The van der Waals surface area contributed by atoms with E-state index in [1.807, 2.05) is 86.6 Å². The molecule has 144 valence electrons. The third-order valence-electron chi connectivity index (χ3n) is 4.73. The van der Waals surface area contributed by atoms with Crippen LogP contribution in [0.2, 0.25) is 5.02 Å². The topological polar surface area (TPSA) is 50.1 Å². The van der Waals surface area contributed by atoms with Gasteiger partial charge in [-0.25, -0.2) is 9.67 Å². The van der Waals surface area contributed by atoms with Gasteiger partial charge in [0.2, 0.25) is 0 Å². The van der Waals surface area contributed by atoms with Crippen LogP contribution in [0, 0.1) is 13.8 Å². The highest BCUT2D eigenvalue weighted by molar-refractivity contribution is 6.33. The number of rotatable bonds is 4. The second-order valence-electron chi connectivity index (χ2n) is 6.87. The maximum atomic E-state index is 13.4. The lowest BCUT2D eigenvalue weighted by Gasteiger charge is -2.07. The van der Waals surface area contributed by atoms with Crippen LogP contribution in [0.1, 0.15) is 22.4 Å². The molecule has 0 radical (unpaired) electrons. The Bertz CT molecular complexity index is 1240. The highest BCUT2D eigenvalue weighted by Crippen LogP contribution is 2.26. The Kier molecular flexibility index (Phi) is 5.19. The number of para-hydroxylation sites is 1. The van der Waals surface area contributed by atoms with E-state index in [0.717, 1.165) is 22.5 Å². The van der Waals surface area contributed by atoms with E-state index in [2.05, 4.69) is 5.10 Å². The van der Waals surface area contributed by atoms with Crippen molar-refractivity contribution in [2.75, 3.05) is 0 Å². The van der Waals surface area contributed by atoms with Crippen LogP contribution in [-0.2, 0) is 0 Å². The maximum Gasteiger partial charge on any atom is 0.280 e. The predicted molar refractivity (Wildman–Crippen MR) is 119 cm³/mol. The smallest absolute Gasteiger partial charge is 0.280 e. The minimum atomic E-state index is -0.152. The zero-order valence-electron chi connectivity index (χ0n) is 16.2. The molecule has 1 aromatic heterocycles. The van der Waals surface area contributed by atoms with Gasteiger partial charge < -0.3 is 0 Å². The van der Waals surface area contributed by atoms with E-state index in [9.17, 15) is 4.79 Å². The van der Waals surface area contributed by atoms with Crippen molar-refractivity contribution in [2.45, 2.75) is 13.8 Å². The third kappa shape index (κ3) is 3.80. The number of nitrogens with zero attached hydrogens (tertiary/aromatic N) is 2. The molecular formula is C24H20ClN3O. The van der Waals surface area contributed by atoms with E-state index < -0.39 is 0 Å². The van der Waals surface area contributed by atoms with Crippen molar-refractivity contribution in [2.24, 2.45) is 4.99 Å². The summed E-state index contributed by atoms with van der Waals surface area (Å²) in [5.74, 6) is 0. The molecule has 0 aliphatic rings. The van der Waals surface area contributed by atoms with Gasteiger partial charge in [0.25, 0.3) is 5.56 Å². The molecule has 4 aromatic rings. The maximum absolute atomic E-state index is 13.4. The molecule has 4 rings (SSSR count). The van der Waals surface area contributed by atoms with Crippen LogP contribution >= 0.6 is 11.6 Å². The zero-order chi connectivity index (χ0) is 20.4. The van der Waals surface area contributed by atoms with Crippen LogP contribution in [0.5, 0.6) is 0 Å². The van der Waals surface area contributed by atoms with E-state index in [4.69, 9.17) is 16.6 Å². The van der Waals surface area contributed by atoms with Crippen LogP contribution in [0.3, 0.4) is 0 Å². The summed E-state index contributed by atoms with van der Waals surface area (Å²) >= 11 is 6.34. The molecular weight excluding hydrogens is 382 g/mol. The first-order chi connectivity index (χ1) is 14.0. The van der Waals surface area contributed by atoms with E-state index in [-0.39, 0.29) is 5.56 Å². The van der Waals surface area contributed by atoms with Gasteiger partial charge in [-0.05, 0) is 38.1 Å². The van der Waals surface area contributed by atoms with E-state index in [1.165, 1.54) is 0 Å². The number of H-pyrrole nitrogens is 1. The van der Waals surface area contributed by atoms with Crippen LogP contribution in [0.25, 0.3) is 5.69 Å². The lowest BCUT2D eigenvalue weighted by atomic mass is 10.0. The molecule has 3 aromatic carbocycles. The van der Waals surface area contributed by atoms with Gasteiger partial charge in [-0.2, -0.15) is 0 Å². The van der Waals surface area contributed by atoms with Crippen LogP contribution < -0.4 is 5.56 Å². The number of nitrogens with one attached hydrogen (secondary N) is 1. The quantitative estimate of drug-likeness (QED) is 0.444. The molecule has 0 saturated heterocycles. The minimum Gasteiger partial charge on any atom is -0.295 e. The minimum absolute atomic E-state index is 0.152. The van der Waals surface area contributed by atoms with Crippen molar-refractivity contribution in [1.82, 2.24) is 9.78 Å². The average Bonchev–Trinajstić information content (AvgIpc) is 3.03. The largest absolute Gasteiger partial charge is 0.295 e. The summed E-state index contributed by atoms with van der Waals surface area (Å²) in [6, 6.07) is 24.8. The Labute approximate surface area is 174 Å². The number of aromatic amines is 1. The van der Waals surface area contributed by atoms with Gasteiger partial charge in [0, 0.05) is 11.3 Å². The molecule has 1 N–H and O–H groups in total. The first-order valence-corrected chi connectivity index (χ1v) is 9.70. The molecule has 1 heterocycles. The summed E-state index contributed by atoms with van der Waals surface area (Å²) in [5.41, 5.74) is 5.08. The first kappa shape index (κ1) is 19.0. The molecule has 0 aliphatic carbocycles. The second-order valence-corrected chi connectivity index (χ2v) is 7.27. The summed E-state index contributed by atoms with van der Waals surface area (Å²) in [5, 5.41) is 3.72. The fraction of sp³-hybridized carbons (Fsp3) is 0.0833. The van der Waals surface area contributed by atoms with Crippen molar-refractivity contribution in [3.8, 4) is 5.69 Å². The number of halogens is 1. The highest BCUT2D eigenvalue weighted by Gasteiger charge is 2.20. The summed E-state index contributed by atoms with van der Waals surface area (Å²) in [4.78, 5) is 18.2. The van der Waals surface area contributed by atoms with E-state index in [0.29, 0.717) is 22.0 Å². The average molecular weight is 402 g/mol. The van der Waals surface area contributed by atoms with Crippen LogP contribution in [-0.4, -0.2) is 15.5 Å². The molecule has 4 nitrogen and oxygen atoms in total. The van der Waals surface area contributed by atoms with Gasteiger partial charge in [-0.15, -0.1) is 0 Å². The normalized spacial score (nSPS) is 11.6. The number of hydrogen-bond donors (Lipinski definition) is 1. The van der Waals surface area contributed by atoms with Gasteiger partial charge in [-0.1, -0.05) is 71.8 Å². The zero-order valence-corrected chi connectivity index (χ0v) is 16.9. The Morgan fingerprint density at radius 1 is 0.897 bits per heavy atom. The molecule has 0 spiro atoms. The van der Waals surface area contributed by atoms with Gasteiger partial charge >= 0.3 is 0 Å². The molecule has 0 amide bonds. The number of aryl methyl sites for hydroxylation is 2. The molecule has 0 saturated carbocycles. The van der Waals surface area contributed by atoms with Crippen molar-refractivity contribution < 1.29 is 0 Å². The van der Waals surface area contributed by atoms with Crippen molar-refractivity contribution in [3.63, 3.8) is 0 Å². The van der Waals surface area contributed by atoms with Gasteiger partial charge in [-0.3, -0.25) is 9.89 Å². The van der Waals surface area contributed by atoms with Crippen molar-refractivity contribution >= 4 is 23.0 Å². The van der Waals surface area contributed by atoms with E-state index >= 15 is 0 Å². The van der Waals surface area contributed by atoms with Crippen molar-refractivity contribution in [1.29, 1.82) is 0 Å². The van der Waals surface area contributed by atoms with Crippen LogP contribution in [0.15, 0.2) is 88.6 Å². The Morgan fingerprint density at radius 3 is 2.24 bits per heavy atom. The molecule has 29 heavy (non-hydrogen) atoms. The summed E-state index contributed by atoms with van der Waals surface area (Å²) in [7, 11) is 0. The van der Waals surface area contributed by atoms with Crippen LogP contribution in [0.4, 0.5) is 5.69 Å². The fourth-order valence-electron chi connectivity index (χ4n) is 3.22. The number of benzene rings is 3. The molecule has 0 atom stereocenters. The lowest BCUT2D eigenvalue weighted by Crippen LogP contribution is -2.21. The first-order valence-electron chi connectivity index (χ1n) is 9.32. The Morgan fingerprint density at radius 2 is 1.55 bits per heavy atom. The highest BCUT2D eigenvalue weighted by atomic mass is 35.5. The summed E-state index contributed by atoms with van der Waals surface area (Å²) in [6.07, 6.45) is 0. The molecule has 5 heteroatoms. The molecule has 0 aliphatic heterocycles. The Balaban J connectivity index is 1.94. The fourth-order valence-corrected chi connectivity index (χ4v) is 3.40. The Hall–Kier alpha value is -3.37. The molecule has 0 fully saturated rings. The number of aliphatic imine (C=N–C) groups is 1. The second kappa shape index (κ2) is 7.94. The summed E-state index contributed by atoms with van der Waals surface area (Å²) in [6.45, 7) is 3.90. The molecule has 0 bridgehead atoms. The predicted octanol–water partition coefficient (Wildman–Crippen LogP) is 5.60. The van der Waals surface area contributed by atoms with Gasteiger partial charge in [0.05, 0.1) is 27.7 Å². The number of aromatic nitrogens is 2. The van der Waals surface area contributed by atoms with Gasteiger partial charge in [0.1, 0.15) is 0 Å². The monoisotopic (exact) mass is 401 g/mol. The van der Waals surface area contributed by atoms with Gasteiger partial charge in [0.15, 0.2) is 0 Å². The number of hydrogen-bond acceptors (Lipinski definition) is 2. The summed E-state index contributed by atoms with van der Waals surface area (Å²) < 4.78 is 1.55. The standard InChI is InChI=1S/C24H20ClN3O/c1-16-12-14-19(15-13-16)28-24(29)22(17(2)27-28)23(18-8-4-3-5-9-18)26-21-11-7-6-10-20(21)25/h3-15,27H,1-2H3. The SMILES string of the molecule is Cc1ccc(-n2[nH]c(C)c(C(=Nc3ccccc3Cl)c3ccccc3)c2=O)cc1. The van der Waals surface area contributed by atoms with E-state index in [1.54, 1.807) is 10.7 Å².